The number of imide groups is 1. The first-order valence-electron chi connectivity index (χ1n) is 7.39. The predicted octanol–water partition coefficient (Wildman–Crippen LogP) is 1.31. The molecule has 23 heavy (non-hydrogen) atoms. The summed E-state index contributed by atoms with van der Waals surface area (Å²) < 4.78 is 10.5. The summed E-state index contributed by atoms with van der Waals surface area (Å²) in [7, 11) is 1.28. The minimum Gasteiger partial charge on any atom is -0.465 e. The number of carbonyl (C=O) groups excluding carboxylic acids is 3. The molecular formula is C17H15NO5. The molecule has 3 aliphatic rings. The van der Waals surface area contributed by atoms with Gasteiger partial charge in [0.05, 0.1) is 41.9 Å². The number of rotatable bonds is 2. The normalized spacial score (nSPS) is 34.2. The van der Waals surface area contributed by atoms with Gasteiger partial charge in [-0.2, -0.15) is 0 Å². The van der Waals surface area contributed by atoms with Crippen LogP contribution >= 0.6 is 0 Å². The van der Waals surface area contributed by atoms with E-state index < -0.39 is 23.4 Å². The van der Waals surface area contributed by atoms with Crippen LogP contribution in [-0.2, 0) is 19.1 Å². The smallest absolute Gasteiger partial charge is 0.337 e. The lowest BCUT2D eigenvalue weighted by Gasteiger charge is -2.24. The largest absolute Gasteiger partial charge is 0.465 e. The average Bonchev–Trinajstić information content (AvgIpc) is 3.15. The van der Waals surface area contributed by atoms with Crippen LogP contribution in [0.1, 0.15) is 17.3 Å². The number of carbonyl (C=O) groups is 3. The van der Waals surface area contributed by atoms with Crippen LogP contribution in [0, 0.1) is 11.8 Å². The van der Waals surface area contributed by atoms with Crippen LogP contribution in [0.4, 0.5) is 5.69 Å². The molecule has 2 amide bonds. The van der Waals surface area contributed by atoms with Gasteiger partial charge in [-0.05, 0) is 25.1 Å². The summed E-state index contributed by atoms with van der Waals surface area (Å²) >= 11 is 0. The van der Waals surface area contributed by atoms with E-state index in [9.17, 15) is 14.4 Å². The van der Waals surface area contributed by atoms with E-state index in [0.29, 0.717) is 11.3 Å². The molecule has 0 aromatic heterocycles. The van der Waals surface area contributed by atoms with E-state index in [1.54, 1.807) is 18.2 Å². The molecule has 3 heterocycles. The highest BCUT2D eigenvalue weighted by Gasteiger charge is 2.66. The Labute approximate surface area is 132 Å². The molecule has 4 unspecified atom stereocenters. The molecule has 0 aliphatic carbocycles. The van der Waals surface area contributed by atoms with E-state index in [0.717, 1.165) is 0 Å². The summed E-state index contributed by atoms with van der Waals surface area (Å²) in [6.07, 6.45) is 3.36. The van der Waals surface area contributed by atoms with Crippen molar-refractivity contribution in [2.45, 2.75) is 18.6 Å². The van der Waals surface area contributed by atoms with Gasteiger partial charge in [0.1, 0.15) is 0 Å². The van der Waals surface area contributed by atoms with Gasteiger partial charge in [0, 0.05) is 0 Å². The Balaban J connectivity index is 1.73. The molecule has 6 nitrogen and oxygen atoms in total. The Bertz CT molecular complexity index is 770. The molecular weight excluding hydrogens is 298 g/mol. The van der Waals surface area contributed by atoms with E-state index in [-0.39, 0.29) is 17.9 Å². The number of amides is 2. The molecule has 118 valence electrons. The second kappa shape index (κ2) is 4.52. The molecule has 1 aromatic rings. The number of fused-ring (bicyclic) bond motifs is 5. The molecule has 2 bridgehead atoms. The molecule has 0 spiro atoms. The molecule has 4 atom stereocenters. The fourth-order valence-corrected chi connectivity index (χ4v) is 3.80. The van der Waals surface area contributed by atoms with E-state index >= 15 is 0 Å². The fraction of sp³-hybridized carbons (Fsp3) is 0.353. The third-order valence-electron chi connectivity index (χ3n) is 4.85. The van der Waals surface area contributed by atoms with Crippen LogP contribution in [0.5, 0.6) is 0 Å². The van der Waals surface area contributed by atoms with Crippen molar-refractivity contribution in [2.75, 3.05) is 12.0 Å². The maximum absolute atomic E-state index is 12.8. The second-order valence-corrected chi connectivity index (χ2v) is 6.18. The van der Waals surface area contributed by atoms with Gasteiger partial charge in [0.2, 0.25) is 11.8 Å². The summed E-state index contributed by atoms with van der Waals surface area (Å²) in [6, 6.07) is 6.35. The number of hydrogen-bond acceptors (Lipinski definition) is 5. The minimum atomic E-state index is -0.725. The van der Waals surface area contributed by atoms with Crippen LogP contribution in [0.25, 0.3) is 0 Å². The highest BCUT2D eigenvalue weighted by Crippen LogP contribution is 2.52. The summed E-state index contributed by atoms with van der Waals surface area (Å²) in [6.45, 7) is 1.83. The van der Waals surface area contributed by atoms with Gasteiger partial charge in [0.25, 0.3) is 0 Å². The first-order valence-corrected chi connectivity index (χ1v) is 7.39. The summed E-state index contributed by atoms with van der Waals surface area (Å²) in [5, 5.41) is 0. The van der Waals surface area contributed by atoms with Crippen molar-refractivity contribution in [1.29, 1.82) is 0 Å². The highest BCUT2D eigenvalue weighted by atomic mass is 16.5. The van der Waals surface area contributed by atoms with Crippen molar-refractivity contribution in [3.63, 3.8) is 0 Å². The van der Waals surface area contributed by atoms with Crippen molar-refractivity contribution in [3.8, 4) is 0 Å². The maximum Gasteiger partial charge on any atom is 0.337 e. The number of benzene rings is 1. The number of esters is 1. The van der Waals surface area contributed by atoms with Crippen LogP contribution in [-0.4, -0.2) is 36.6 Å². The molecule has 0 saturated carbocycles. The lowest BCUT2D eigenvalue weighted by Crippen LogP contribution is -2.38. The van der Waals surface area contributed by atoms with Crippen molar-refractivity contribution < 1.29 is 23.9 Å². The first-order chi connectivity index (χ1) is 11.0. The Morgan fingerprint density at radius 1 is 1.30 bits per heavy atom. The van der Waals surface area contributed by atoms with E-state index in [1.165, 1.54) is 18.1 Å². The number of ether oxygens (including phenoxy) is 2. The standard InChI is InChI=1S/C17H15NO5/c1-17-7-6-11(23-17)12-13(17)15(20)18(14(12)19)10-5-3-4-9(8-10)16(21)22-2/h3-8,11-13H,1-2H3. The Hall–Kier alpha value is -2.47. The van der Waals surface area contributed by atoms with E-state index in [1.807, 2.05) is 19.1 Å². The van der Waals surface area contributed by atoms with Crippen molar-refractivity contribution in [3.05, 3.63) is 42.0 Å². The van der Waals surface area contributed by atoms with Gasteiger partial charge < -0.3 is 9.47 Å². The van der Waals surface area contributed by atoms with Crippen molar-refractivity contribution >= 4 is 23.5 Å². The molecule has 2 fully saturated rings. The Kier molecular flexibility index (Phi) is 2.78. The van der Waals surface area contributed by atoms with Gasteiger partial charge >= 0.3 is 5.97 Å². The van der Waals surface area contributed by atoms with Crippen molar-refractivity contribution in [1.82, 2.24) is 0 Å². The fourth-order valence-electron chi connectivity index (χ4n) is 3.80. The third-order valence-corrected chi connectivity index (χ3v) is 4.85. The zero-order valence-electron chi connectivity index (χ0n) is 12.7. The SMILES string of the molecule is COC(=O)c1cccc(N2C(=O)C3C4C=CC(C)(O4)C3C2=O)c1. The van der Waals surface area contributed by atoms with Crippen LogP contribution < -0.4 is 4.90 Å². The summed E-state index contributed by atoms with van der Waals surface area (Å²) in [5.74, 6) is -2.06. The van der Waals surface area contributed by atoms with Gasteiger partial charge in [-0.1, -0.05) is 18.2 Å². The molecule has 1 aromatic carbocycles. The van der Waals surface area contributed by atoms with Gasteiger partial charge in [0.15, 0.2) is 0 Å². The van der Waals surface area contributed by atoms with Crippen LogP contribution in [0.3, 0.4) is 0 Å². The van der Waals surface area contributed by atoms with E-state index in [2.05, 4.69) is 4.74 Å². The predicted molar refractivity (Wildman–Crippen MR) is 79.7 cm³/mol. The Morgan fingerprint density at radius 2 is 2.09 bits per heavy atom. The molecule has 0 N–H and O–H groups in total. The lowest BCUT2D eigenvalue weighted by molar-refractivity contribution is -0.126. The number of nitrogens with zero attached hydrogens (tertiary/aromatic N) is 1. The third kappa shape index (κ3) is 1.75. The molecule has 3 aliphatic heterocycles. The molecule has 0 radical (unpaired) electrons. The summed E-state index contributed by atoms with van der Waals surface area (Å²) in [4.78, 5) is 38.4. The molecule has 6 heteroatoms. The maximum atomic E-state index is 12.8. The topological polar surface area (TPSA) is 72.9 Å². The second-order valence-electron chi connectivity index (χ2n) is 6.18. The molecule has 4 rings (SSSR count). The number of methoxy groups -OCH3 is 1. The van der Waals surface area contributed by atoms with Gasteiger partial charge in [-0.25, -0.2) is 9.69 Å². The van der Waals surface area contributed by atoms with Gasteiger partial charge in [-0.15, -0.1) is 0 Å². The van der Waals surface area contributed by atoms with Crippen molar-refractivity contribution in [2.24, 2.45) is 11.8 Å². The highest BCUT2D eigenvalue weighted by molar-refractivity contribution is 6.23. The number of hydrogen-bond donors (Lipinski definition) is 0. The van der Waals surface area contributed by atoms with Gasteiger partial charge in [-0.3, -0.25) is 9.59 Å². The number of anilines is 1. The zero-order valence-corrected chi connectivity index (χ0v) is 12.7. The Morgan fingerprint density at radius 3 is 2.78 bits per heavy atom. The van der Waals surface area contributed by atoms with Crippen LogP contribution in [0.15, 0.2) is 36.4 Å². The minimum absolute atomic E-state index is 0.278. The quantitative estimate of drug-likeness (QED) is 0.467. The van der Waals surface area contributed by atoms with Crippen LogP contribution in [0.2, 0.25) is 0 Å². The average molecular weight is 313 g/mol. The zero-order chi connectivity index (χ0) is 16.4. The van der Waals surface area contributed by atoms with E-state index in [4.69, 9.17) is 4.74 Å². The monoisotopic (exact) mass is 313 g/mol. The summed E-state index contributed by atoms with van der Waals surface area (Å²) in [5.41, 5.74) is -0.0388. The molecule has 2 saturated heterocycles. The first kappa shape index (κ1) is 14.1. The lowest BCUT2D eigenvalue weighted by atomic mass is 9.78.